The minimum Gasteiger partial charge on any atom is -0.340 e. The van der Waals surface area contributed by atoms with Gasteiger partial charge in [0.15, 0.2) is 5.82 Å². The first kappa shape index (κ1) is 15.3. The molecule has 1 aromatic rings. The van der Waals surface area contributed by atoms with Gasteiger partial charge in [-0.2, -0.15) is 18.2 Å². The number of hydrogen-bond acceptors (Lipinski definition) is 5. The van der Waals surface area contributed by atoms with Crippen LogP contribution >= 0.6 is 0 Å². The van der Waals surface area contributed by atoms with Gasteiger partial charge in [0.2, 0.25) is 11.8 Å². The minimum absolute atomic E-state index is 0.136. The maximum Gasteiger partial charge on any atom is 0.406 e. The van der Waals surface area contributed by atoms with Gasteiger partial charge in [-0.3, -0.25) is 9.69 Å². The molecule has 0 spiro atoms. The van der Waals surface area contributed by atoms with Crippen LogP contribution in [0.1, 0.15) is 37.0 Å². The van der Waals surface area contributed by atoms with E-state index in [1.165, 1.54) is 0 Å². The van der Waals surface area contributed by atoms with Gasteiger partial charge in [-0.1, -0.05) is 5.16 Å². The van der Waals surface area contributed by atoms with E-state index in [0.29, 0.717) is 24.7 Å². The Morgan fingerprint density at radius 3 is 2.68 bits per heavy atom. The van der Waals surface area contributed by atoms with E-state index in [-0.39, 0.29) is 12.6 Å². The molecule has 2 aliphatic heterocycles. The molecule has 0 N–H and O–H groups in total. The van der Waals surface area contributed by atoms with Gasteiger partial charge in [-0.15, -0.1) is 0 Å². The van der Waals surface area contributed by atoms with E-state index in [2.05, 4.69) is 10.1 Å². The molecule has 1 aromatic heterocycles. The third-order valence-corrected chi connectivity index (χ3v) is 4.18. The van der Waals surface area contributed by atoms with Crippen molar-refractivity contribution >= 4 is 5.91 Å². The quantitative estimate of drug-likeness (QED) is 0.848. The Morgan fingerprint density at radius 2 is 2.05 bits per heavy atom. The van der Waals surface area contributed by atoms with Crippen LogP contribution in [0.2, 0.25) is 0 Å². The predicted molar refractivity (Wildman–Crippen MR) is 68.8 cm³/mol. The smallest absolute Gasteiger partial charge is 0.340 e. The van der Waals surface area contributed by atoms with Gasteiger partial charge in [0.1, 0.15) is 6.54 Å². The van der Waals surface area contributed by atoms with Crippen molar-refractivity contribution in [2.75, 3.05) is 19.6 Å². The van der Waals surface area contributed by atoms with Gasteiger partial charge >= 0.3 is 6.18 Å². The SMILES string of the molecule is Cc1nc(C2CCCN2C2CCN(CC(F)(F)F)C2=O)no1. The molecule has 2 saturated heterocycles. The van der Waals surface area contributed by atoms with Gasteiger partial charge in [0, 0.05) is 13.5 Å². The molecule has 0 radical (unpaired) electrons. The Balaban J connectivity index is 1.72. The number of amides is 1. The Bertz CT molecular complexity index is 560. The number of likely N-dealkylation sites (tertiary alicyclic amines) is 2. The van der Waals surface area contributed by atoms with Crippen LogP contribution in [0, 0.1) is 6.92 Å². The summed E-state index contributed by atoms with van der Waals surface area (Å²) in [6, 6.07) is -0.675. The molecule has 22 heavy (non-hydrogen) atoms. The van der Waals surface area contributed by atoms with Crippen molar-refractivity contribution < 1.29 is 22.5 Å². The molecular weight excluding hydrogens is 301 g/mol. The molecule has 3 heterocycles. The highest BCUT2D eigenvalue weighted by Crippen LogP contribution is 2.35. The molecule has 0 bridgehead atoms. The summed E-state index contributed by atoms with van der Waals surface area (Å²) < 4.78 is 42.4. The van der Waals surface area contributed by atoms with Crippen LogP contribution in [0.25, 0.3) is 0 Å². The van der Waals surface area contributed by atoms with Gasteiger partial charge in [-0.05, 0) is 25.8 Å². The molecule has 6 nitrogen and oxygen atoms in total. The number of aryl methyl sites for hydroxylation is 1. The summed E-state index contributed by atoms with van der Waals surface area (Å²) in [5.41, 5.74) is 0. The molecule has 2 aliphatic rings. The van der Waals surface area contributed by atoms with Crippen LogP contribution < -0.4 is 0 Å². The zero-order chi connectivity index (χ0) is 15.9. The van der Waals surface area contributed by atoms with Crippen LogP contribution in [0.5, 0.6) is 0 Å². The van der Waals surface area contributed by atoms with Crippen LogP contribution in [-0.2, 0) is 4.79 Å². The van der Waals surface area contributed by atoms with Crippen molar-refractivity contribution in [3.05, 3.63) is 11.7 Å². The third kappa shape index (κ3) is 2.94. The van der Waals surface area contributed by atoms with Crippen LogP contribution in [0.4, 0.5) is 13.2 Å². The second-order valence-corrected chi connectivity index (χ2v) is 5.75. The summed E-state index contributed by atoms with van der Waals surface area (Å²) in [5, 5.41) is 3.89. The second kappa shape index (κ2) is 5.53. The molecule has 0 aromatic carbocycles. The molecule has 0 saturated carbocycles. The Hall–Kier alpha value is -1.64. The normalized spacial score (nSPS) is 27.1. The first-order valence-electron chi connectivity index (χ1n) is 7.26. The van der Waals surface area contributed by atoms with E-state index < -0.39 is 24.7 Å². The molecular formula is C13H17F3N4O2. The van der Waals surface area contributed by atoms with Crippen LogP contribution in [0.15, 0.2) is 4.52 Å². The van der Waals surface area contributed by atoms with Gasteiger partial charge < -0.3 is 9.42 Å². The summed E-state index contributed by atoms with van der Waals surface area (Å²) in [6.45, 7) is 1.30. The standard InChI is InChI=1S/C13H17F3N4O2/c1-8-17-11(18-22-8)9-3-2-5-20(9)10-4-6-19(12(10)21)7-13(14,15)16/h9-10H,2-7H2,1H3. The first-order chi connectivity index (χ1) is 10.3. The molecule has 2 unspecified atom stereocenters. The highest BCUT2D eigenvalue weighted by Gasteiger charge is 2.45. The third-order valence-electron chi connectivity index (χ3n) is 4.18. The minimum atomic E-state index is -4.36. The first-order valence-corrected chi connectivity index (χ1v) is 7.26. The maximum atomic E-state index is 12.5. The second-order valence-electron chi connectivity index (χ2n) is 5.75. The molecule has 1 amide bonds. The topological polar surface area (TPSA) is 62.5 Å². The zero-order valence-corrected chi connectivity index (χ0v) is 12.1. The van der Waals surface area contributed by atoms with Gasteiger partial charge in [0.05, 0.1) is 12.1 Å². The van der Waals surface area contributed by atoms with Crippen molar-refractivity contribution in [2.24, 2.45) is 0 Å². The van der Waals surface area contributed by atoms with Crippen molar-refractivity contribution in [2.45, 2.75) is 44.4 Å². The van der Waals surface area contributed by atoms with Crippen molar-refractivity contribution in [3.63, 3.8) is 0 Å². The van der Waals surface area contributed by atoms with E-state index in [0.717, 1.165) is 17.7 Å². The van der Waals surface area contributed by atoms with Gasteiger partial charge in [-0.25, -0.2) is 0 Å². The summed E-state index contributed by atoms with van der Waals surface area (Å²) in [5.74, 6) is 0.500. The number of halogens is 3. The average molecular weight is 318 g/mol. The number of aromatic nitrogens is 2. The lowest BCUT2D eigenvalue weighted by Crippen LogP contribution is -2.43. The lowest BCUT2D eigenvalue weighted by atomic mass is 10.1. The van der Waals surface area contributed by atoms with E-state index in [1.54, 1.807) is 6.92 Å². The number of alkyl halides is 3. The summed E-state index contributed by atoms with van der Waals surface area (Å²) >= 11 is 0. The lowest BCUT2D eigenvalue weighted by Gasteiger charge is -2.27. The number of nitrogens with zero attached hydrogens (tertiary/aromatic N) is 4. The van der Waals surface area contributed by atoms with Crippen molar-refractivity contribution in [3.8, 4) is 0 Å². The number of hydrogen-bond donors (Lipinski definition) is 0. The van der Waals surface area contributed by atoms with Crippen LogP contribution in [-0.4, -0.2) is 57.7 Å². The van der Waals surface area contributed by atoms with E-state index >= 15 is 0 Å². The zero-order valence-electron chi connectivity index (χ0n) is 12.1. The lowest BCUT2D eigenvalue weighted by molar-refractivity contribution is -0.159. The van der Waals surface area contributed by atoms with Crippen molar-refractivity contribution in [1.29, 1.82) is 0 Å². The Morgan fingerprint density at radius 1 is 1.27 bits per heavy atom. The molecule has 122 valence electrons. The predicted octanol–water partition coefficient (Wildman–Crippen LogP) is 1.68. The van der Waals surface area contributed by atoms with Crippen molar-refractivity contribution in [1.82, 2.24) is 19.9 Å². The van der Waals surface area contributed by atoms with E-state index in [4.69, 9.17) is 4.52 Å². The largest absolute Gasteiger partial charge is 0.406 e. The fourth-order valence-electron chi connectivity index (χ4n) is 3.29. The summed E-state index contributed by atoms with van der Waals surface area (Å²) in [4.78, 5) is 19.3. The number of carbonyl (C=O) groups is 1. The summed E-state index contributed by atoms with van der Waals surface area (Å²) in [6.07, 6.45) is -2.31. The Kier molecular flexibility index (Phi) is 3.84. The monoisotopic (exact) mass is 318 g/mol. The van der Waals surface area contributed by atoms with E-state index in [9.17, 15) is 18.0 Å². The molecule has 9 heteroatoms. The number of carbonyl (C=O) groups excluding carboxylic acids is 1. The van der Waals surface area contributed by atoms with Crippen LogP contribution in [0.3, 0.4) is 0 Å². The molecule has 2 atom stereocenters. The average Bonchev–Trinajstić information content (AvgIpc) is 3.10. The van der Waals surface area contributed by atoms with Gasteiger partial charge in [0.25, 0.3) is 0 Å². The Labute approximate surface area is 125 Å². The molecule has 0 aliphatic carbocycles. The molecule has 3 rings (SSSR count). The summed E-state index contributed by atoms with van der Waals surface area (Å²) in [7, 11) is 0. The fourth-order valence-corrected chi connectivity index (χ4v) is 3.29. The highest BCUT2D eigenvalue weighted by atomic mass is 19.4. The molecule has 2 fully saturated rings. The van der Waals surface area contributed by atoms with E-state index in [1.807, 2.05) is 4.90 Å². The number of rotatable bonds is 3. The highest BCUT2D eigenvalue weighted by molar-refractivity contribution is 5.84. The fraction of sp³-hybridized carbons (Fsp3) is 0.769. The maximum absolute atomic E-state index is 12.5.